The van der Waals surface area contributed by atoms with Crippen molar-refractivity contribution < 1.29 is 28.7 Å². The van der Waals surface area contributed by atoms with Gasteiger partial charge in [-0.3, -0.25) is 9.59 Å². The lowest BCUT2D eigenvalue weighted by Crippen LogP contribution is -2.27. The number of carbonyl (C=O) groups is 4. The number of amides is 2. The van der Waals surface area contributed by atoms with E-state index in [0.717, 1.165) is 11.1 Å². The summed E-state index contributed by atoms with van der Waals surface area (Å²) in [6.07, 6.45) is 1.51. The highest BCUT2D eigenvalue weighted by Crippen LogP contribution is 2.34. The predicted molar refractivity (Wildman–Crippen MR) is 149 cm³/mol. The highest BCUT2D eigenvalue weighted by atomic mass is 32.1. The molecule has 0 unspecified atom stereocenters. The van der Waals surface area contributed by atoms with E-state index >= 15 is 0 Å². The summed E-state index contributed by atoms with van der Waals surface area (Å²) in [6.45, 7) is 11.9. The number of carbonyl (C=O) groups excluding carboxylic acids is 4. The lowest BCUT2D eigenvalue weighted by molar-refractivity contribution is -0.120. The molecule has 0 aliphatic rings. The number of anilines is 2. The van der Waals surface area contributed by atoms with Gasteiger partial charge >= 0.3 is 11.9 Å². The summed E-state index contributed by atoms with van der Waals surface area (Å²) in [5.41, 5.74) is 1.77. The Bertz CT molecular complexity index is 1040. The lowest BCUT2D eigenvalue weighted by Gasteiger charge is -2.23. The van der Waals surface area contributed by atoms with E-state index in [1.54, 1.807) is 0 Å². The van der Waals surface area contributed by atoms with Gasteiger partial charge in [0.25, 0.3) is 0 Å². The Morgan fingerprint density at radius 3 is 1.41 bits per heavy atom. The SMILES string of the molecule is COC(=O)c1c(CC(C)C)csc1NC(=O)CC(C)(C)CC(=O)Nc1scc(CC(C)C)c1C(=O)OC. The van der Waals surface area contributed by atoms with Crippen molar-refractivity contribution in [2.24, 2.45) is 17.3 Å². The minimum absolute atomic E-state index is 0.0609. The predicted octanol–water partition coefficient (Wildman–Crippen LogP) is 6.16. The minimum Gasteiger partial charge on any atom is -0.465 e. The van der Waals surface area contributed by atoms with Gasteiger partial charge in [-0.25, -0.2) is 9.59 Å². The van der Waals surface area contributed by atoms with Gasteiger partial charge in [-0.15, -0.1) is 22.7 Å². The Kier molecular flexibility index (Phi) is 10.9. The van der Waals surface area contributed by atoms with Gasteiger partial charge in [-0.05, 0) is 52.0 Å². The summed E-state index contributed by atoms with van der Waals surface area (Å²) in [6, 6.07) is 0. The van der Waals surface area contributed by atoms with Gasteiger partial charge < -0.3 is 20.1 Å². The van der Waals surface area contributed by atoms with Crippen molar-refractivity contribution in [3.63, 3.8) is 0 Å². The topological polar surface area (TPSA) is 111 Å². The van der Waals surface area contributed by atoms with Crippen LogP contribution in [0, 0.1) is 17.3 Å². The van der Waals surface area contributed by atoms with E-state index in [-0.39, 0.29) is 24.7 Å². The molecule has 0 atom stereocenters. The van der Waals surface area contributed by atoms with Crippen LogP contribution >= 0.6 is 22.7 Å². The number of thiophene rings is 2. The summed E-state index contributed by atoms with van der Waals surface area (Å²) in [7, 11) is 2.63. The molecule has 0 bridgehead atoms. The van der Waals surface area contributed by atoms with E-state index in [4.69, 9.17) is 9.47 Å². The van der Waals surface area contributed by atoms with Gasteiger partial charge in [-0.2, -0.15) is 0 Å². The van der Waals surface area contributed by atoms with Crippen molar-refractivity contribution in [2.45, 2.75) is 67.2 Å². The fourth-order valence-corrected chi connectivity index (χ4v) is 6.03. The Balaban J connectivity index is 2.10. The second-order valence-corrected chi connectivity index (χ2v) is 12.5. The molecule has 10 heteroatoms. The zero-order valence-corrected chi connectivity index (χ0v) is 24.5. The molecule has 0 fully saturated rings. The largest absolute Gasteiger partial charge is 0.465 e. The van der Waals surface area contributed by atoms with E-state index in [1.165, 1.54) is 36.9 Å². The van der Waals surface area contributed by atoms with Crippen molar-refractivity contribution >= 4 is 56.4 Å². The third-order valence-electron chi connectivity index (χ3n) is 5.55. The van der Waals surface area contributed by atoms with E-state index in [2.05, 4.69) is 38.3 Å². The first kappa shape index (κ1) is 30.5. The van der Waals surface area contributed by atoms with Crippen LogP contribution in [-0.2, 0) is 31.9 Å². The summed E-state index contributed by atoms with van der Waals surface area (Å²) in [5, 5.41) is 10.3. The molecule has 0 saturated heterocycles. The normalized spacial score (nSPS) is 11.5. The molecule has 0 radical (unpaired) electrons. The van der Waals surface area contributed by atoms with Crippen molar-refractivity contribution in [1.29, 1.82) is 0 Å². The van der Waals surface area contributed by atoms with Crippen LogP contribution in [0.15, 0.2) is 10.8 Å². The van der Waals surface area contributed by atoms with Gasteiger partial charge in [0.05, 0.1) is 25.3 Å². The van der Waals surface area contributed by atoms with Crippen molar-refractivity contribution in [2.75, 3.05) is 24.9 Å². The van der Waals surface area contributed by atoms with Gasteiger partial charge in [0, 0.05) is 12.8 Å². The van der Waals surface area contributed by atoms with Crippen LogP contribution in [0.1, 0.15) is 86.2 Å². The van der Waals surface area contributed by atoms with Crippen LogP contribution in [0.2, 0.25) is 0 Å². The lowest BCUT2D eigenvalue weighted by atomic mass is 9.85. The quantitative estimate of drug-likeness (QED) is 0.306. The van der Waals surface area contributed by atoms with E-state index in [0.29, 0.717) is 45.8 Å². The fraction of sp³-hybridized carbons (Fsp3) is 0.556. The highest BCUT2D eigenvalue weighted by molar-refractivity contribution is 7.15. The molecule has 2 aromatic heterocycles. The van der Waals surface area contributed by atoms with Gasteiger partial charge in [0.15, 0.2) is 0 Å². The number of methoxy groups -OCH3 is 2. The number of hydrogen-bond acceptors (Lipinski definition) is 8. The second kappa shape index (κ2) is 13.2. The van der Waals surface area contributed by atoms with Crippen LogP contribution in [0.5, 0.6) is 0 Å². The number of nitrogens with one attached hydrogen (secondary N) is 2. The minimum atomic E-state index is -0.679. The molecule has 0 aliphatic heterocycles. The fourth-order valence-electron chi connectivity index (χ4n) is 4.08. The number of rotatable bonds is 12. The Morgan fingerprint density at radius 2 is 1.11 bits per heavy atom. The third kappa shape index (κ3) is 8.67. The molecule has 2 rings (SSSR count). The average molecular weight is 551 g/mol. The maximum Gasteiger partial charge on any atom is 0.341 e. The first-order valence-electron chi connectivity index (χ1n) is 12.2. The van der Waals surface area contributed by atoms with E-state index in [1.807, 2.05) is 24.6 Å². The summed E-state index contributed by atoms with van der Waals surface area (Å²) < 4.78 is 9.88. The summed E-state index contributed by atoms with van der Waals surface area (Å²) >= 11 is 2.58. The smallest absolute Gasteiger partial charge is 0.341 e. The molecule has 37 heavy (non-hydrogen) atoms. The average Bonchev–Trinajstić information content (AvgIpc) is 3.34. The molecule has 0 aliphatic carbocycles. The van der Waals surface area contributed by atoms with Gasteiger partial charge in [0.1, 0.15) is 10.0 Å². The monoisotopic (exact) mass is 550 g/mol. The Hall–Kier alpha value is -2.72. The maximum atomic E-state index is 12.9. The van der Waals surface area contributed by atoms with Crippen LogP contribution in [0.3, 0.4) is 0 Å². The van der Waals surface area contributed by atoms with E-state index < -0.39 is 17.4 Å². The van der Waals surface area contributed by atoms with Crippen LogP contribution in [0.25, 0.3) is 0 Å². The highest BCUT2D eigenvalue weighted by Gasteiger charge is 2.29. The first-order chi connectivity index (χ1) is 17.3. The summed E-state index contributed by atoms with van der Waals surface area (Å²) in [4.78, 5) is 50.6. The van der Waals surface area contributed by atoms with Crippen LogP contribution in [0.4, 0.5) is 10.0 Å². The maximum absolute atomic E-state index is 12.9. The van der Waals surface area contributed by atoms with Crippen LogP contribution < -0.4 is 10.6 Å². The molecule has 8 nitrogen and oxygen atoms in total. The standard InChI is InChI=1S/C27H38N2O6S2/c1-15(2)9-17-13-36-23(21(17)25(32)34-7)28-19(30)11-27(5,6)12-20(31)29-24-22(26(33)35-8)18(14-37-24)10-16(3)4/h13-16H,9-12H2,1-8H3,(H,28,30)(H,29,31). The third-order valence-corrected chi connectivity index (χ3v) is 7.44. The van der Waals surface area contributed by atoms with E-state index in [9.17, 15) is 19.2 Å². The zero-order valence-electron chi connectivity index (χ0n) is 22.9. The van der Waals surface area contributed by atoms with Gasteiger partial charge in [0.2, 0.25) is 11.8 Å². The molecule has 2 N–H and O–H groups in total. The second-order valence-electron chi connectivity index (χ2n) is 10.7. The molecule has 2 heterocycles. The summed E-state index contributed by atoms with van der Waals surface area (Å²) in [5.74, 6) is -0.898. The van der Waals surface area contributed by atoms with Crippen molar-refractivity contribution in [1.82, 2.24) is 0 Å². The zero-order chi connectivity index (χ0) is 27.9. The molecular formula is C27H38N2O6S2. The Morgan fingerprint density at radius 1 is 0.757 bits per heavy atom. The van der Waals surface area contributed by atoms with Crippen LogP contribution in [-0.4, -0.2) is 38.0 Å². The molecule has 2 aromatic rings. The number of hydrogen-bond donors (Lipinski definition) is 2. The molecule has 0 spiro atoms. The number of ether oxygens (including phenoxy) is 2. The molecule has 2 amide bonds. The molecule has 204 valence electrons. The molecule has 0 aromatic carbocycles. The van der Waals surface area contributed by atoms with Crippen molar-refractivity contribution in [3.8, 4) is 0 Å². The van der Waals surface area contributed by atoms with Gasteiger partial charge in [-0.1, -0.05) is 41.5 Å². The first-order valence-corrected chi connectivity index (χ1v) is 14.0. The number of esters is 2. The Labute approximate surface area is 227 Å². The molecule has 0 saturated carbocycles. The van der Waals surface area contributed by atoms with Crippen molar-refractivity contribution in [3.05, 3.63) is 33.0 Å². The molecular weight excluding hydrogens is 512 g/mol.